The number of carbonyl (C=O) groups is 2. The molecule has 0 saturated carbocycles. The Labute approximate surface area is 148 Å². The molecule has 1 heterocycles. The molecule has 1 N–H and O–H groups in total. The quantitative estimate of drug-likeness (QED) is 0.775. The number of rotatable bonds is 6. The Balaban J connectivity index is 2.02. The summed E-state index contributed by atoms with van der Waals surface area (Å²) in [6, 6.07) is 6.32. The van der Waals surface area contributed by atoms with E-state index in [2.05, 4.69) is 4.72 Å². The van der Waals surface area contributed by atoms with Gasteiger partial charge in [0.2, 0.25) is 10.0 Å². The third kappa shape index (κ3) is 5.45. The van der Waals surface area contributed by atoms with Crippen molar-refractivity contribution in [3.05, 3.63) is 29.8 Å². The summed E-state index contributed by atoms with van der Waals surface area (Å²) in [7, 11) is -3.53. The summed E-state index contributed by atoms with van der Waals surface area (Å²) < 4.78 is 30.2. The number of benzene rings is 1. The van der Waals surface area contributed by atoms with Crippen molar-refractivity contribution >= 4 is 27.6 Å². The normalized spacial score (nSPS) is 17.8. The molecule has 0 spiro atoms. The third-order valence-electron chi connectivity index (χ3n) is 4.19. The van der Waals surface area contributed by atoms with Crippen LogP contribution in [0.3, 0.4) is 0 Å². The largest absolute Gasteiger partial charge is 0.452 e. The maximum absolute atomic E-state index is 12.4. The maximum Gasteiger partial charge on any atom is 0.340 e. The zero-order valence-electron chi connectivity index (χ0n) is 14.5. The lowest BCUT2D eigenvalue weighted by Crippen LogP contribution is -2.45. The number of esters is 1. The summed E-state index contributed by atoms with van der Waals surface area (Å²) in [5.41, 5.74) is 0.207. The van der Waals surface area contributed by atoms with Crippen LogP contribution in [0.15, 0.2) is 24.3 Å². The molecular formula is C17H24N2O5S. The Bertz CT molecular complexity index is 732. The van der Waals surface area contributed by atoms with Gasteiger partial charge in [-0.1, -0.05) is 19.1 Å². The van der Waals surface area contributed by atoms with E-state index in [4.69, 9.17) is 4.74 Å². The van der Waals surface area contributed by atoms with Crippen molar-refractivity contribution in [2.75, 3.05) is 24.1 Å². The number of ether oxygens (including phenoxy) is 1. The number of para-hydroxylation sites is 1. The first-order valence-corrected chi connectivity index (χ1v) is 10.2. The first kappa shape index (κ1) is 19.2. The van der Waals surface area contributed by atoms with E-state index in [1.54, 1.807) is 17.0 Å². The Hall–Kier alpha value is -2.09. The average molecular weight is 368 g/mol. The number of nitrogens with zero attached hydrogens (tertiary/aromatic N) is 1. The molecule has 0 aliphatic carbocycles. The molecule has 1 saturated heterocycles. The molecule has 1 amide bonds. The molecule has 8 heteroatoms. The molecule has 1 aliphatic heterocycles. The highest BCUT2D eigenvalue weighted by Gasteiger charge is 2.26. The van der Waals surface area contributed by atoms with Crippen LogP contribution >= 0.6 is 0 Å². The molecule has 138 valence electrons. The Morgan fingerprint density at radius 3 is 2.68 bits per heavy atom. The SMILES string of the molecule is CC[C@H]1CCCCN1C(=O)COC(=O)c1ccccc1NS(C)(=O)=O. The molecule has 0 radical (unpaired) electrons. The van der Waals surface area contributed by atoms with Crippen molar-refractivity contribution in [1.29, 1.82) is 0 Å². The van der Waals surface area contributed by atoms with Gasteiger partial charge in [0.1, 0.15) is 0 Å². The van der Waals surface area contributed by atoms with Gasteiger partial charge in [0.25, 0.3) is 5.91 Å². The Morgan fingerprint density at radius 1 is 1.28 bits per heavy atom. The standard InChI is InChI=1S/C17H24N2O5S/c1-3-13-8-6-7-11-19(13)16(20)12-24-17(21)14-9-4-5-10-15(14)18-25(2,22)23/h4-5,9-10,13,18H,3,6-8,11-12H2,1-2H3/t13-/m0/s1. The zero-order valence-corrected chi connectivity index (χ0v) is 15.3. The molecule has 1 aliphatic rings. The molecule has 2 rings (SSSR count). The Kier molecular flexibility index (Phi) is 6.41. The minimum absolute atomic E-state index is 0.0754. The van der Waals surface area contributed by atoms with Gasteiger partial charge in [-0.15, -0.1) is 0 Å². The molecule has 7 nitrogen and oxygen atoms in total. The highest BCUT2D eigenvalue weighted by Crippen LogP contribution is 2.20. The van der Waals surface area contributed by atoms with E-state index >= 15 is 0 Å². The van der Waals surface area contributed by atoms with Crippen LogP contribution in [0.25, 0.3) is 0 Å². The molecule has 0 bridgehead atoms. The first-order chi connectivity index (χ1) is 11.8. The van der Waals surface area contributed by atoms with Crippen molar-refractivity contribution in [3.63, 3.8) is 0 Å². The summed E-state index contributed by atoms with van der Waals surface area (Å²) in [6.07, 6.45) is 4.90. The molecule has 0 aromatic heterocycles. The van der Waals surface area contributed by atoms with E-state index < -0.39 is 16.0 Å². The number of amides is 1. The number of anilines is 1. The topological polar surface area (TPSA) is 92.8 Å². The van der Waals surface area contributed by atoms with Gasteiger partial charge in [0.05, 0.1) is 17.5 Å². The van der Waals surface area contributed by atoms with Crippen molar-refractivity contribution in [3.8, 4) is 0 Å². The van der Waals surface area contributed by atoms with Crippen LogP contribution in [0, 0.1) is 0 Å². The van der Waals surface area contributed by atoms with E-state index in [0.717, 1.165) is 31.9 Å². The average Bonchev–Trinajstić information content (AvgIpc) is 2.58. The first-order valence-electron chi connectivity index (χ1n) is 8.35. The van der Waals surface area contributed by atoms with Crippen LogP contribution in [-0.2, 0) is 19.6 Å². The van der Waals surface area contributed by atoms with Crippen LogP contribution in [-0.4, -0.2) is 50.6 Å². The lowest BCUT2D eigenvalue weighted by molar-refractivity contribution is -0.138. The summed E-state index contributed by atoms with van der Waals surface area (Å²) in [5, 5.41) is 0. The van der Waals surface area contributed by atoms with Crippen molar-refractivity contribution < 1.29 is 22.7 Å². The van der Waals surface area contributed by atoms with Crippen molar-refractivity contribution in [1.82, 2.24) is 4.90 Å². The molecule has 25 heavy (non-hydrogen) atoms. The minimum atomic E-state index is -3.53. The highest BCUT2D eigenvalue weighted by atomic mass is 32.2. The van der Waals surface area contributed by atoms with Gasteiger partial charge in [-0.3, -0.25) is 9.52 Å². The van der Waals surface area contributed by atoms with E-state index in [9.17, 15) is 18.0 Å². The predicted octanol–water partition coefficient (Wildman–Crippen LogP) is 2.01. The number of sulfonamides is 1. The summed E-state index contributed by atoms with van der Waals surface area (Å²) in [5.74, 6) is -0.946. The van der Waals surface area contributed by atoms with Crippen LogP contribution in [0.5, 0.6) is 0 Å². The van der Waals surface area contributed by atoms with Gasteiger partial charge in [-0.05, 0) is 37.8 Å². The fraction of sp³-hybridized carbons (Fsp3) is 0.529. The maximum atomic E-state index is 12.4. The number of hydrogen-bond acceptors (Lipinski definition) is 5. The van der Waals surface area contributed by atoms with Gasteiger partial charge in [0, 0.05) is 12.6 Å². The molecule has 1 aromatic carbocycles. The van der Waals surface area contributed by atoms with Crippen LogP contribution < -0.4 is 4.72 Å². The van der Waals surface area contributed by atoms with E-state index in [1.807, 2.05) is 6.92 Å². The second-order valence-corrected chi connectivity index (χ2v) is 7.89. The van der Waals surface area contributed by atoms with Crippen LogP contribution in [0.4, 0.5) is 5.69 Å². The van der Waals surface area contributed by atoms with E-state index in [0.29, 0.717) is 6.54 Å². The van der Waals surface area contributed by atoms with Gasteiger partial charge in [-0.25, -0.2) is 13.2 Å². The van der Waals surface area contributed by atoms with Gasteiger partial charge in [0.15, 0.2) is 6.61 Å². The summed E-state index contributed by atoms with van der Waals surface area (Å²) in [4.78, 5) is 26.4. The zero-order chi connectivity index (χ0) is 18.4. The molecule has 1 atom stereocenters. The van der Waals surface area contributed by atoms with Crippen LogP contribution in [0.1, 0.15) is 43.0 Å². The summed E-state index contributed by atoms with van der Waals surface area (Å²) in [6.45, 7) is 2.37. The fourth-order valence-corrected chi connectivity index (χ4v) is 3.57. The molecule has 1 aromatic rings. The highest BCUT2D eigenvalue weighted by molar-refractivity contribution is 7.92. The predicted molar refractivity (Wildman–Crippen MR) is 94.8 cm³/mol. The van der Waals surface area contributed by atoms with E-state index in [1.165, 1.54) is 12.1 Å². The van der Waals surface area contributed by atoms with Crippen molar-refractivity contribution in [2.24, 2.45) is 0 Å². The number of likely N-dealkylation sites (tertiary alicyclic amines) is 1. The van der Waals surface area contributed by atoms with Gasteiger partial charge in [-0.2, -0.15) is 0 Å². The van der Waals surface area contributed by atoms with Crippen molar-refractivity contribution in [2.45, 2.75) is 38.6 Å². The Morgan fingerprint density at radius 2 is 2.00 bits per heavy atom. The summed E-state index contributed by atoms with van der Waals surface area (Å²) >= 11 is 0. The fourth-order valence-electron chi connectivity index (χ4n) is 2.99. The monoisotopic (exact) mass is 368 g/mol. The molecule has 1 fully saturated rings. The smallest absolute Gasteiger partial charge is 0.340 e. The number of hydrogen-bond donors (Lipinski definition) is 1. The van der Waals surface area contributed by atoms with Gasteiger partial charge >= 0.3 is 5.97 Å². The number of nitrogens with one attached hydrogen (secondary N) is 1. The lowest BCUT2D eigenvalue weighted by Gasteiger charge is -2.35. The third-order valence-corrected chi connectivity index (χ3v) is 4.78. The second kappa shape index (κ2) is 8.33. The van der Waals surface area contributed by atoms with E-state index in [-0.39, 0.29) is 29.8 Å². The van der Waals surface area contributed by atoms with Gasteiger partial charge < -0.3 is 9.64 Å². The second-order valence-electron chi connectivity index (χ2n) is 6.14. The minimum Gasteiger partial charge on any atom is -0.452 e. The molecular weight excluding hydrogens is 344 g/mol. The number of piperidine rings is 1. The molecule has 0 unspecified atom stereocenters. The van der Waals surface area contributed by atoms with Crippen LogP contribution in [0.2, 0.25) is 0 Å². The lowest BCUT2D eigenvalue weighted by atomic mass is 10.00. The number of carbonyl (C=O) groups excluding carboxylic acids is 2.